The van der Waals surface area contributed by atoms with Crippen LogP contribution in [0.25, 0.3) is 0 Å². The molecule has 3 N–H and O–H groups in total. The maximum Gasteiger partial charge on any atom is 0.235 e. The van der Waals surface area contributed by atoms with Crippen molar-refractivity contribution in [2.75, 3.05) is 32.7 Å². The minimum Gasteiger partial charge on any atom is -0.368 e. The Hall–Kier alpha value is -0.650. The van der Waals surface area contributed by atoms with Crippen LogP contribution in [0.2, 0.25) is 0 Å². The summed E-state index contributed by atoms with van der Waals surface area (Å²) >= 11 is 0. The Morgan fingerprint density at radius 2 is 1.76 bits per heavy atom. The van der Waals surface area contributed by atoms with Crippen LogP contribution in [0.1, 0.15) is 46.0 Å². The summed E-state index contributed by atoms with van der Waals surface area (Å²) in [6.07, 6.45) is 6.58. The highest BCUT2D eigenvalue weighted by molar-refractivity contribution is 5.80. The minimum atomic E-state index is -0.234. The standard InChI is InChI=1S/C16H32N4O/c1-13(2)18-15(16(17)21)12-19-10-6-14(7-11-19)20-8-4-3-5-9-20/h13-15,18H,3-12H2,1-2H3,(H2,17,21). The van der Waals surface area contributed by atoms with Gasteiger partial charge in [0.25, 0.3) is 0 Å². The molecule has 5 nitrogen and oxygen atoms in total. The maximum absolute atomic E-state index is 11.5. The predicted molar refractivity (Wildman–Crippen MR) is 86.1 cm³/mol. The van der Waals surface area contributed by atoms with E-state index in [0.717, 1.165) is 25.7 Å². The van der Waals surface area contributed by atoms with Crippen LogP contribution in [0.3, 0.4) is 0 Å². The molecule has 122 valence electrons. The van der Waals surface area contributed by atoms with E-state index in [1.54, 1.807) is 0 Å². The van der Waals surface area contributed by atoms with E-state index >= 15 is 0 Å². The van der Waals surface area contributed by atoms with Gasteiger partial charge in [-0.05, 0) is 51.9 Å². The van der Waals surface area contributed by atoms with Gasteiger partial charge in [0.1, 0.15) is 0 Å². The minimum absolute atomic E-state index is 0.225. The number of nitrogens with one attached hydrogen (secondary N) is 1. The summed E-state index contributed by atoms with van der Waals surface area (Å²) in [5.41, 5.74) is 5.51. The normalized spacial score (nSPS) is 24.3. The van der Waals surface area contributed by atoms with Crippen molar-refractivity contribution in [2.45, 2.75) is 64.1 Å². The maximum atomic E-state index is 11.5. The zero-order valence-electron chi connectivity index (χ0n) is 13.7. The highest BCUT2D eigenvalue weighted by atomic mass is 16.1. The monoisotopic (exact) mass is 296 g/mol. The number of nitrogens with zero attached hydrogens (tertiary/aromatic N) is 2. The first-order chi connectivity index (χ1) is 10.1. The van der Waals surface area contributed by atoms with E-state index in [4.69, 9.17) is 5.73 Å². The summed E-state index contributed by atoms with van der Waals surface area (Å²) in [6, 6.07) is 0.816. The molecule has 2 fully saturated rings. The van der Waals surface area contributed by atoms with Crippen LogP contribution in [0, 0.1) is 0 Å². The van der Waals surface area contributed by atoms with Gasteiger partial charge in [-0.1, -0.05) is 20.3 Å². The Kier molecular flexibility index (Phi) is 6.45. The van der Waals surface area contributed by atoms with Crippen molar-refractivity contribution in [1.29, 1.82) is 0 Å². The number of hydrogen-bond acceptors (Lipinski definition) is 4. The number of nitrogens with two attached hydrogens (primary N) is 1. The van der Waals surface area contributed by atoms with Gasteiger partial charge in [-0.2, -0.15) is 0 Å². The molecule has 0 spiro atoms. The summed E-state index contributed by atoms with van der Waals surface area (Å²) in [5.74, 6) is -0.234. The first kappa shape index (κ1) is 16.7. The predicted octanol–water partition coefficient (Wildman–Crippen LogP) is 0.789. The van der Waals surface area contributed by atoms with Crippen molar-refractivity contribution < 1.29 is 4.79 Å². The lowest BCUT2D eigenvalue weighted by atomic mass is 9.99. The van der Waals surface area contributed by atoms with Gasteiger partial charge in [0.15, 0.2) is 0 Å². The van der Waals surface area contributed by atoms with E-state index < -0.39 is 0 Å². The molecule has 0 saturated carbocycles. The Labute approximate surface area is 129 Å². The first-order valence-electron chi connectivity index (χ1n) is 8.58. The summed E-state index contributed by atoms with van der Waals surface area (Å²) in [5, 5.41) is 3.27. The fraction of sp³-hybridized carbons (Fsp3) is 0.938. The Bertz CT molecular complexity index is 320. The summed E-state index contributed by atoms with van der Waals surface area (Å²) in [4.78, 5) is 16.6. The summed E-state index contributed by atoms with van der Waals surface area (Å²) in [6.45, 7) is 9.60. The second kappa shape index (κ2) is 8.11. The van der Waals surface area contributed by atoms with E-state index in [9.17, 15) is 4.79 Å². The largest absolute Gasteiger partial charge is 0.368 e. The lowest BCUT2D eigenvalue weighted by Crippen LogP contribution is -2.54. The van der Waals surface area contributed by atoms with Gasteiger partial charge in [-0.15, -0.1) is 0 Å². The molecular formula is C16H32N4O. The molecule has 5 heteroatoms. The van der Waals surface area contributed by atoms with Crippen LogP contribution in [0.4, 0.5) is 0 Å². The van der Waals surface area contributed by atoms with Crippen molar-refractivity contribution in [1.82, 2.24) is 15.1 Å². The number of primary amides is 1. The third kappa shape index (κ3) is 5.24. The molecule has 1 amide bonds. The van der Waals surface area contributed by atoms with E-state index in [1.165, 1.54) is 45.2 Å². The number of amides is 1. The van der Waals surface area contributed by atoms with Crippen molar-refractivity contribution in [3.05, 3.63) is 0 Å². The molecular weight excluding hydrogens is 264 g/mol. The van der Waals surface area contributed by atoms with Crippen molar-refractivity contribution in [3.63, 3.8) is 0 Å². The van der Waals surface area contributed by atoms with Gasteiger partial charge in [0.2, 0.25) is 5.91 Å². The third-order valence-corrected chi connectivity index (χ3v) is 4.78. The molecule has 2 saturated heterocycles. The Morgan fingerprint density at radius 3 is 2.29 bits per heavy atom. The summed E-state index contributed by atoms with van der Waals surface area (Å²) in [7, 11) is 0. The second-order valence-electron chi connectivity index (χ2n) is 6.90. The lowest BCUT2D eigenvalue weighted by molar-refractivity contribution is -0.120. The van der Waals surface area contributed by atoms with Crippen LogP contribution in [0.5, 0.6) is 0 Å². The van der Waals surface area contributed by atoms with Crippen LogP contribution < -0.4 is 11.1 Å². The number of carbonyl (C=O) groups excluding carboxylic acids is 1. The lowest BCUT2D eigenvalue weighted by Gasteiger charge is -2.41. The second-order valence-corrected chi connectivity index (χ2v) is 6.90. The van der Waals surface area contributed by atoms with Gasteiger partial charge in [0, 0.05) is 18.6 Å². The molecule has 0 aliphatic carbocycles. The van der Waals surface area contributed by atoms with Crippen molar-refractivity contribution in [3.8, 4) is 0 Å². The molecule has 0 radical (unpaired) electrons. The van der Waals surface area contributed by atoms with Gasteiger partial charge in [-0.25, -0.2) is 0 Å². The number of rotatable bonds is 6. The van der Waals surface area contributed by atoms with E-state index in [2.05, 4.69) is 29.0 Å². The van der Waals surface area contributed by atoms with Crippen LogP contribution in [0.15, 0.2) is 0 Å². The molecule has 21 heavy (non-hydrogen) atoms. The molecule has 0 aromatic carbocycles. The highest BCUT2D eigenvalue weighted by Crippen LogP contribution is 2.20. The average Bonchev–Trinajstić information content (AvgIpc) is 2.48. The number of piperidine rings is 2. The molecule has 0 aromatic rings. The quantitative estimate of drug-likeness (QED) is 0.761. The zero-order valence-corrected chi connectivity index (χ0v) is 13.7. The number of hydrogen-bond donors (Lipinski definition) is 2. The van der Waals surface area contributed by atoms with E-state index in [-0.39, 0.29) is 18.0 Å². The van der Waals surface area contributed by atoms with Crippen molar-refractivity contribution in [2.24, 2.45) is 5.73 Å². The topological polar surface area (TPSA) is 61.6 Å². The molecule has 1 atom stereocenters. The van der Waals surface area contributed by atoms with Crippen LogP contribution >= 0.6 is 0 Å². The van der Waals surface area contributed by atoms with E-state index in [0.29, 0.717) is 0 Å². The summed E-state index contributed by atoms with van der Waals surface area (Å²) < 4.78 is 0. The van der Waals surface area contributed by atoms with Crippen LogP contribution in [-0.4, -0.2) is 66.6 Å². The zero-order chi connectivity index (χ0) is 15.2. The molecule has 2 heterocycles. The fourth-order valence-corrected chi connectivity index (χ4v) is 3.64. The average molecular weight is 296 g/mol. The van der Waals surface area contributed by atoms with Gasteiger partial charge >= 0.3 is 0 Å². The number of carbonyl (C=O) groups is 1. The highest BCUT2D eigenvalue weighted by Gasteiger charge is 2.27. The Balaban J connectivity index is 1.75. The van der Waals surface area contributed by atoms with Gasteiger partial charge in [0.05, 0.1) is 6.04 Å². The molecule has 0 aromatic heterocycles. The first-order valence-corrected chi connectivity index (χ1v) is 8.58. The smallest absolute Gasteiger partial charge is 0.235 e. The fourth-order valence-electron chi connectivity index (χ4n) is 3.64. The van der Waals surface area contributed by atoms with E-state index in [1.807, 2.05) is 0 Å². The van der Waals surface area contributed by atoms with Gasteiger partial charge < -0.3 is 20.9 Å². The molecule has 2 rings (SSSR count). The molecule has 2 aliphatic heterocycles. The third-order valence-electron chi connectivity index (χ3n) is 4.78. The molecule has 0 bridgehead atoms. The SMILES string of the molecule is CC(C)NC(CN1CCC(N2CCCCC2)CC1)C(N)=O. The number of likely N-dealkylation sites (tertiary alicyclic amines) is 2. The van der Waals surface area contributed by atoms with Crippen molar-refractivity contribution >= 4 is 5.91 Å². The van der Waals surface area contributed by atoms with Crippen LogP contribution in [-0.2, 0) is 4.79 Å². The Morgan fingerprint density at radius 1 is 1.14 bits per heavy atom. The molecule has 1 unspecified atom stereocenters. The molecule has 2 aliphatic rings. The van der Waals surface area contributed by atoms with Gasteiger partial charge in [-0.3, -0.25) is 4.79 Å².